The Hall–Kier alpha value is -2.34. The van der Waals surface area contributed by atoms with Gasteiger partial charge in [0.05, 0.1) is 23.0 Å². The number of carbonyl (C=O) groups is 1. The van der Waals surface area contributed by atoms with Crippen LogP contribution in [0.25, 0.3) is 10.2 Å². The van der Waals surface area contributed by atoms with E-state index in [2.05, 4.69) is 20.3 Å². The number of aryl methyl sites for hydroxylation is 1. The molecule has 3 aromatic heterocycles. The van der Waals surface area contributed by atoms with E-state index in [0.29, 0.717) is 0 Å². The van der Waals surface area contributed by atoms with Gasteiger partial charge >= 0.3 is 0 Å². The lowest BCUT2D eigenvalue weighted by Gasteiger charge is -2.35. The van der Waals surface area contributed by atoms with E-state index in [1.165, 1.54) is 6.42 Å². The molecule has 0 bridgehead atoms. The monoisotopic (exact) mass is 352 g/mol. The first-order valence-corrected chi connectivity index (χ1v) is 9.49. The molecular formula is C19H20N4OS. The van der Waals surface area contributed by atoms with Crippen molar-refractivity contribution >= 4 is 33.1 Å². The standard InChI is InChI=1S/C19H20N4OS/c1-13-9-16(22-12-21-13)19(6-3-2-4-7-19)18(24)23-15-10-14-5-8-25-17(14)20-11-15/h5,8-12H,2-4,6-7H2,1H3,(H,23,24). The molecule has 0 saturated heterocycles. The zero-order chi connectivity index (χ0) is 17.3. The van der Waals surface area contributed by atoms with Crippen molar-refractivity contribution in [3.05, 3.63) is 47.5 Å². The Balaban J connectivity index is 1.67. The Bertz CT molecular complexity index is 914. The molecule has 0 atom stereocenters. The summed E-state index contributed by atoms with van der Waals surface area (Å²) >= 11 is 1.60. The SMILES string of the molecule is Cc1cc(C2(C(=O)Nc3cnc4sccc4c3)CCCCC2)ncn1. The van der Waals surface area contributed by atoms with Gasteiger partial charge in [-0.1, -0.05) is 19.3 Å². The van der Waals surface area contributed by atoms with E-state index in [1.54, 1.807) is 23.9 Å². The Kier molecular flexibility index (Phi) is 4.21. The number of nitrogens with one attached hydrogen (secondary N) is 1. The molecule has 1 amide bonds. The summed E-state index contributed by atoms with van der Waals surface area (Å²) in [5.74, 6) is 0.0154. The maximum absolute atomic E-state index is 13.3. The van der Waals surface area contributed by atoms with Crippen LogP contribution in [0.3, 0.4) is 0 Å². The summed E-state index contributed by atoms with van der Waals surface area (Å²) in [6.45, 7) is 1.94. The third-order valence-corrected chi connectivity index (χ3v) is 5.84. The highest BCUT2D eigenvalue weighted by Gasteiger charge is 2.42. The van der Waals surface area contributed by atoms with Crippen molar-refractivity contribution in [2.45, 2.75) is 44.4 Å². The molecule has 6 heteroatoms. The normalized spacial score (nSPS) is 16.7. The van der Waals surface area contributed by atoms with Gasteiger partial charge in [0.15, 0.2) is 0 Å². The van der Waals surface area contributed by atoms with E-state index in [-0.39, 0.29) is 5.91 Å². The number of rotatable bonds is 3. The van der Waals surface area contributed by atoms with Gasteiger partial charge < -0.3 is 5.32 Å². The van der Waals surface area contributed by atoms with Crippen LogP contribution in [0.2, 0.25) is 0 Å². The third kappa shape index (κ3) is 3.02. The molecule has 4 rings (SSSR count). The van der Waals surface area contributed by atoms with Crippen LogP contribution >= 0.6 is 11.3 Å². The molecule has 1 N–H and O–H groups in total. The van der Waals surface area contributed by atoms with Crippen LogP contribution in [0.15, 0.2) is 36.1 Å². The summed E-state index contributed by atoms with van der Waals surface area (Å²) in [6, 6.07) is 5.95. The number of fused-ring (bicyclic) bond motifs is 1. The topological polar surface area (TPSA) is 67.8 Å². The minimum Gasteiger partial charge on any atom is -0.324 e. The number of amides is 1. The Labute approximate surface area is 150 Å². The highest BCUT2D eigenvalue weighted by Crippen LogP contribution is 2.39. The second kappa shape index (κ2) is 6.52. The number of aromatic nitrogens is 3. The summed E-state index contributed by atoms with van der Waals surface area (Å²) in [4.78, 5) is 27.3. The van der Waals surface area contributed by atoms with Crippen molar-refractivity contribution in [1.82, 2.24) is 15.0 Å². The van der Waals surface area contributed by atoms with Gasteiger partial charge in [-0.15, -0.1) is 11.3 Å². The smallest absolute Gasteiger partial charge is 0.236 e. The number of thiophene rings is 1. The second-order valence-electron chi connectivity index (χ2n) is 6.68. The predicted molar refractivity (Wildman–Crippen MR) is 99.8 cm³/mol. The Morgan fingerprint density at radius 2 is 2.00 bits per heavy atom. The summed E-state index contributed by atoms with van der Waals surface area (Å²) in [6.07, 6.45) is 8.19. The summed E-state index contributed by atoms with van der Waals surface area (Å²) in [7, 11) is 0. The molecule has 25 heavy (non-hydrogen) atoms. The number of anilines is 1. The fourth-order valence-electron chi connectivity index (χ4n) is 3.65. The van der Waals surface area contributed by atoms with Gasteiger partial charge in [-0.3, -0.25) is 4.79 Å². The van der Waals surface area contributed by atoms with Gasteiger partial charge in [-0.25, -0.2) is 15.0 Å². The lowest BCUT2D eigenvalue weighted by Crippen LogP contribution is -2.42. The van der Waals surface area contributed by atoms with Gasteiger partial charge in [0.1, 0.15) is 11.2 Å². The van der Waals surface area contributed by atoms with Crippen LogP contribution < -0.4 is 5.32 Å². The quantitative estimate of drug-likeness (QED) is 0.766. The van der Waals surface area contributed by atoms with E-state index < -0.39 is 5.41 Å². The van der Waals surface area contributed by atoms with Crippen LogP contribution in [0.5, 0.6) is 0 Å². The van der Waals surface area contributed by atoms with Gasteiger partial charge in [-0.05, 0) is 43.3 Å². The van der Waals surface area contributed by atoms with Crippen LogP contribution in [0.4, 0.5) is 5.69 Å². The first-order valence-electron chi connectivity index (χ1n) is 8.61. The third-order valence-electron chi connectivity index (χ3n) is 5.00. The molecule has 3 aromatic rings. The minimum atomic E-state index is -0.574. The van der Waals surface area contributed by atoms with Crippen LogP contribution in [-0.2, 0) is 10.2 Å². The van der Waals surface area contributed by atoms with Gasteiger partial charge in [-0.2, -0.15) is 0 Å². The highest BCUT2D eigenvalue weighted by molar-refractivity contribution is 7.16. The molecule has 5 nitrogen and oxygen atoms in total. The van der Waals surface area contributed by atoms with Crippen LogP contribution in [-0.4, -0.2) is 20.9 Å². The molecular weight excluding hydrogens is 332 g/mol. The van der Waals surface area contributed by atoms with Crippen LogP contribution in [0, 0.1) is 6.92 Å². The molecule has 1 saturated carbocycles. The molecule has 3 heterocycles. The molecule has 0 aliphatic heterocycles. The van der Waals surface area contributed by atoms with Crippen molar-refractivity contribution in [3.63, 3.8) is 0 Å². The molecule has 1 aliphatic carbocycles. The molecule has 0 unspecified atom stereocenters. The zero-order valence-electron chi connectivity index (χ0n) is 14.2. The summed E-state index contributed by atoms with van der Waals surface area (Å²) in [5.41, 5.74) is 1.90. The largest absolute Gasteiger partial charge is 0.324 e. The van der Waals surface area contributed by atoms with Crippen LogP contribution in [0.1, 0.15) is 43.5 Å². The first kappa shape index (κ1) is 16.1. The van der Waals surface area contributed by atoms with E-state index in [0.717, 1.165) is 53.0 Å². The Morgan fingerprint density at radius 3 is 2.80 bits per heavy atom. The lowest BCUT2D eigenvalue weighted by molar-refractivity contribution is -0.122. The van der Waals surface area contributed by atoms with Gasteiger partial charge in [0.2, 0.25) is 5.91 Å². The molecule has 0 aromatic carbocycles. The maximum Gasteiger partial charge on any atom is 0.236 e. The average molecular weight is 352 g/mol. The number of carbonyl (C=O) groups excluding carboxylic acids is 1. The van der Waals surface area contributed by atoms with Crippen molar-refractivity contribution in [3.8, 4) is 0 Å². The fraction of sp³-hybridized carbons (Fsp3) is 0.368. The maximum atomic E-state index is 13.3. The summed E-state index contributed by atoms with van der Waals surface area (Å²) < 4.78 is 0. The average Bonchev–Trinajstić information content (AvgIpc) is 3.10. The van der Waals surface area contributed by atoms with Gasteiger partial charge in [0, 0.05) is 11.1 Å². The lowest BCUT2D eigenvalue weighted by atomic mass is 9.70. The molecule has 0 spiro atoms. The minimum absolute atomic E-state index is 0.0154. The highest BCUT2D eigenvalue weighted by atomic mass is 32.1. The summed E-state index contributed by atoms with van der Waals surface area (Å²) in [5, 5.41) is 6.16. The first-order chi connectivity index (χ1) is 12.2. The van der Waals surface area contributed by atoms with Gasteiger partial charge in [0.25, 0.3) is 0 Å². The molecule has 0 radical (unpaired) electrons. The second-order valence-corrected chi connectivity index (χ2v) is 7.58. The van der Waals surface area contributed by atoms with Crippen molar-refractivity contribution in [2.75, 3.05) is 5.32 Å². The fourth-order valence-corrected chi connectivity index (χ4v) is 4.37. The number of hydrogen-bond donors (Lipinski definition) is 1. The molecule has 1 aliphatic rings. The Morgan fingerprint density at radius 1 is 1.16 bits per heavy atom. The zero-order valence-corrected chi connectivity index (χ0v) is 15.0. The van der Waals surface area contributed by atoms with Crippen molar-refractivity contribution < 1.29 is 4.79 Å². The molecule has 1 fully saturated rings. The van der Waals surface area contributed by atoms with E-state index in [1.807, 2.05) is 30.5 Å². The van der Waals surface area contributed by atoms with E-state index in [9.17, 15) is 4.79 Å². The number of hydrogen-bond acceptors (Lipinski definition) is 5. The van der Waals surface area contributed by atoms with Crippen molar-refractivity contribution in [1.29, 1.82) is 0 Å². The van der Waals surface area contributed by atoms with E-state index in [4.69, 9.17) is 0 Å². The number of nitrogens with zero attached hydrogens (tertiary/aromatic N) is 3. The van der Waals surface area contributed by atoms with E-state index >= 15 is 0 Å². The van der Waals surface area contributed by atoms with Crippen molar-refractivity contribution in [2.24, 2.45) is 0 Å². The number of pyridine rings is 1. The predicted octanol–water partition coefficient (Wildman–Crippen LogP) is 4.24. The molecule has 128 valence electrons.